The van der Waals surface area contributed by atoms with Crippen molar-refractivity contribution in [3.05, 3.63) is 114 Å². The van der Waals surface area contributed by atoms with Crippen molar-refractivity contribution in [2.45, 2.75) is 6.17 Å². The fourth-order valence-corrected chi connectivity index (χ4v) is 3.98. The molecule has 0 aliphatic carbocycles. The van der Waals surface area contributed by atoms with Crippen LogP contribution in [0.4, 0.5) is 11.4 Å². The molecule has 0 spiro atoms. The third-order valence-electron chi connectivity index (χ3n) is 5.61. The SMILES string of the molecule is COc1ccc(N2C(=O)c3ccccc3N[C@H]2c2ccc(-c3ccccc3)cc2)cc1. The van der Waals surface area contributed by atoms with Crippen LogP contribution in [0.15, 0.2) is 103 Å². The van der Waals surface area contributed by atoms with Crippen molar-refractivity contribution >= 4 is 17.3 Å². The summed E-state index contributed by atoms with van der Waals surface area (Å²) >= 11 is 0. The highest BCUT2D eigenvalue weighted by Crippen LogP contribution is 2.37. The number of hydrogen-bond donors (Lipinski definition) is 1. The molecular weight excluding hydrogens is 384 g/mol. The number of amides is 1. The Kier molecular flexibility index (Phi) is 4.89. The van der Waals surface area contributed by atoms with Crippen LogP contribution in [0.5, 0.6) is 5.75 Å². The first-order valence-corrected chi connectivity index (χ1v) is 10.2. The summed E-state index contributed by atoms with van der Waals surface area (Å²) in [5, 5.41) is 3.55. The Balaban J connectivity index is 1.56. The molecule has 4 nitrogen and oxygen atoms in total. The van der Waals surface area contributed by atoms with Gasteiger partial charge in [-0.2, -0.15) is 0 Å². The monoisotopic (exact) mass is 406 g/mol. The molecule has 152 valence electrons. The van der Waals surface area contributed by atoms with Crippen LogP contribution in [0, 0.1) is 0 Å². The van der Waals surface area contributed by atoms with E-state index in [1.165, 1.54) is 5.56 Å². The molecule has 1 aliphatic rings. The zero-order chi connectivity index (χ0) is 21.2. The molecule has 31 heavy (non-hydrogen) atoms. The fraction of sp³-hybridized carbons (Fsp3) is 0.0741. The van der Waals surface area contributed by atoms with Crippen molar-refractivity contribution in [1.82, 2.24) is 0 Å². The van der Waals surface area contributed by atoms with Gasteiger partial charge in [0, 0.05) is 11.4 Å². The van der Waals surface area contributed by atoms with E-state index >= 15 is 0 Å². The molecule has 0 unspecified atom stereocenters. The first-order chi connectivity index (χ1) is 15.2. The van der Waals surface area contributed by atoms with Crippen LogP contribution in [-0.4, -0.2) is 13.0 Å². The van der Waals surface area contributed by atoms with Crippen molar-refractivity contribution in [2.24, 2.45) is 0 Å². The highest BCUT2D eigenvalue weighted by atomic mass is 16.5. The molecule has 0 saturated heterocycles. The average molecular weight is 406 g/mol. The van der Waals surface area contributed by atoms with E-state index in [4.69, 9.17) is 4.74 Å². The van der Waals surface area contributed by atoms with Gasteiger partial charge in [0.05, 0.1) is 12.7 Å². The number of methoxy groups -OCH3 is 1. The standard InChI is InChI=1S/C27H22N2O2/c1-31-23-17-15-22(16-18-23)29-26(28-25-10-6-5-9-24(25)27(29)30)21-13-11-20(12-14-21)19-7-3-2-4-8-19/h2-18,26,28H,1H3/t26-/m1/s1. The van der Waals surface area contributed by atoms with E-state index in [0.29, 0.717) is 5.56 Å². The van der Waals surface area contributed by atoms with E-state index in [9.17, 15) is 4.79 Å². The van der Waals surface area contributed by atoms with Gasteiger partial charge in [-0.05, 0) is 53.1 Å². The molecule has 0 saturated carbocycles. The van der Waals surface area contributed by atoms with Gasteiger partial charge in [-0.3, -0.25) is 9.69 Å². The molecule has 1 atom stereocenters. The van der Waals surface area contributed by atoms with Gasteiger partial charge in [0.1, 0.15) is 11.9 Å². The van der Waals surface area contributed by atoms with Gasteiger partial charge in [0.2, 0.25) is 0 Å². The molecule has 1 N–H and O–H groups in total. The van der Waals surface area contributed by atoms with Crippen LogP contribution in [0.25, 0.3) is 11.1 Å². The smallest absolute Gasteiger partial charge is 0.262 e. The second-order valence-electron chi connectivity index (χ2n) is 7.45. The molecule has 1 heterocycles. The highest BCUT2D eigenvalue weighted by molar-refractivity contribution is 6.12. The Morgan fingerprint density at radius 3 is 2.10 bits per heavy atom. The summed E-state index contributed by atoms with van der Waals surface area (Å²) in [5.41, 5.74) is 5.63. The van der Waals surface area contributed by atoms with Gasteiger partial charge < -0.3 is 10.1 Å². The van der Waals surface area contributed by atoms with Gasteiger partial charge in [0.15, 0.2) is 0 Å². The predicted octanol–water partition coefficient (Wildman–Crippen LogP) is 6.13. The second-order valence-corrected chi connectivity index (χ2v) is 7.45. The lowest BCUT2D eigenvalue weighted by Crippen LogP contribution is -2.43. The van der Waals surface area contributed by atoms with Gasteiger partial charge in [0.25, 0.3) is 5.91 Å². The number of fused-ring (bicyclic) bond motifs is 1. The molecule has 1 aliphatic heterocycles. The molecule has 5 rings (SSSR count). The fourth-order valence-electron chi connectivity index (χ4n) is 3.98. The van der Waals surface area contributed by atoms with Crippen molar-refractivity contribution in [2.75, 3.05) is 17.3 Å². The lowest BCUT2D eigenvalue weighted by molar-refractivity contribution is 0.0975. The van der Waals surface area contributed by atoms with Crippen LogP contribution in [-0.2, 0) is 0 Å². The normalized spacial score (nSPS) is 15.2. The number of nitrogens with one attached hydrogen (secondary N) is 1. The summed E-state index contributed by atoms with van der Waals surface area (Å²) in [7, 11) is 1.63. The molecule has 0 bridgehead atoms. The van der Waals surface area contributed by atoms with Gasteiger partial charge >= 0.3 is 0 Å². The van der Waals surface area contributed by atoms with E-state index in [2.05, 4.69) is 41.7 Å². The number of benzene rings is 4. The molecule has 0 fully saturated rings. The first kappa shape index (κ1) is 18.9. The molecular formula is C27H22N2O2. The number of para-hydroxylation sites is 1. The maximum atomic E-state index is 13.5. The molecule has 0 aromatic heterocycles. The summed E-state index contributed by atoms with van der Waals surface area (Å²) in [6.45, 7) is 0. The van der Waals surface area contributed by atoms with Crippen molar-refractivity contribution in [1.29, 1.82) is 0 Å². The molecule has 4 aromatic carbocycles. The Morgan fingerprint density at radius 2 is 1.39 bits per heavy atom. The predicted molar refractivity (Wildman–Crippen MR) is 124 cm³/mol. The number of carbonyl (C=O) groups excluding carboxylic acids is 1. The lowest BCUT2D eigenvalue weighted by Gasteiger charge is -2.38. The summed E-state index contributed by atoms with van der Waals surface area (Å²) in [6, 6.07) is 33.8. The average Bonchev–Trinajstić information content (AvgIpc) is 2.85. The third-order valence-corrected chi connectivity index (χ3v) is 5.61. The van der Waals surface area contributed by atoms with Crippen LogP contribution in [0.1, 0.15) is 22.1 Å². The van der Waals surface area contributed by atoms with Crippen molar-refractivity contribution in [3.63, 3.8) is 0 Å². The number of hydrogen-bond acceptors (Lipinski definition) is 3. The Morgan fingerprint density at radius 1 is 0.742 bits per heavy atom. The van der Waals surface area contributed by atoms with E-state index in [1.807, 2.05) is 66.7 Å². The second kappa shape index (κ2) is 8.00. The number of anilines is 2. The molecule has 4 heteroatoms. The van der Waals surface area contributed by atoms with Crippen molar-refractivity contribution in [3.8, 4) is 16.9 Å². The van der Waals surface area contributed by atoms with E-state index in [0.717, 1.165) is 28.3 Å². The molecule has 4 aromatic rings. The van der Waals surface area contributed by atoms with Crippen molar-refractivity contribution < 1.29 is 9.53 Å². The molecule has 1 amide bonds. The topological polar surface area (TPSA) is 41.6 Å². The maximum Gasteiger partial charge on any atom is 0.262 e. The minimum absolute atomic E-state index is 0.0309. The van der Waals surface area contributed by atoms with Crippen LogP contribution in [0.2, 0.25) is 0 Å². The lowest BCUT2D eigenvalue weighted by atomic mass is 9.99. The van der Waals surface area contributed by atoms with Gasteiger partial charge in [-0.15, -0.1) is 0 Å². The number of nitrogens with zero attached hydrogens (tertiary/aromatic N) is 1. The minimum atomic E-state index is -0.319. The van der Waals surface area contributed by atoms with Gasteiger partial charge in [-0.25, -0.2) is 0 Å². The van der Waals surface area contributed by atoms with Crippen LogP contribution < -0.4 is 15.0 Å². The van der Waals surface area contributed by atoms with Gasteiger partial charge in [-0.1, -0.05) is 66.7 Å². The molecule has 0 radical (unpaired) electrons. The van der Waals surface area contributed by atoms with Crippen LogP contribution >= 0.6 is 0 Å². The Bertz CT molecular complexity index is 1200. The Labute approximate surface area is 181 Å². The van der Waals surface area contributed by atoms with E-state index in [-0.39, 0.29) is 12.1 Å². The minimum Gasteiger partial charge on any atom is -0.497 e. The summed E-state index contributed by atoms with van der Waals surface area (Å²) in [4.78, 5) is 15.3. The largest absolute Gasteiger partial charge is 0.497 e. The summed E-state index contributed by atoms with van der Waals surface area (Å²) < 4.78 is 5.29. The zero-order valence-electron chi connectivity index (χ0n) is 17.2. The quantitative estimate of drug-likeness (QED) is 0.443. The number of ether oxygens (including phenoxy) is 1. The Hall–Kier alpha value is -4.05. The zero-order valence-corrected chi connectivity index (χ0v) is 17.2. The number of rotatable bonds is 4. The van der Waals surface area contributed by atoms with Crippen LogP contribution in [0.3, 0.4) is 0 Å². The van der Waals surface area contributed by atoms with E-state index < -0.39 is 0 Å². The summed E-state index contributed by atoms with van der Waals surface area (Å²) in [5.74, 6) is 0.724. The highest BCUT2D eigenvalue weighted by Gasteiger charge is 2.33. The first-order valence-electron chi connectivity index (χ1n) is 10.2. The summed E-state index contributed by atoms with van der Waals surface area (Å²) in [6.07, 6.45) is -0.319. The third kappa shape index (κ3) is 3.53. The number of carbonyl (C=O) groups is 1. The maximum absolute atomic E-state index is 13.5. The van der Waals surface area contributed by atoms with E-state index in [1.54, 1.807) is 12.0 Å².